The number of halogens is 1. The van der Waals surface area contributed by atoms with E-state index in [9.17, 15) is 4.39 Å². The second kappa shape index (κ2) is 5.72. The molecule has 1 heterocycles. The molecule has 0 bridgehead atoms. The normalized spacial score (nSPS) is 25.4. The van der Waals surface area contributed by atoms with Crippen LogP contribution in [0.15, 0.2) is 18.2 Å². The molecule has 0 spiro atoms. The zero-order chi connectivity index (χ0) is 14.1. The van der Waals surface area contributed by atoms with Gasteiger partial charge in [0.15, 0.2) is 0 Å². The Bertz CT molecular complexity index is 466. The molecule has 2 aliphatic rings. The first-order valence-corrected chi connectivity index (χ1v) is 7.98. The summed E-state index contributed by atoms with van der Waals surface area (Å²) >= 11 is 0. The second-order valence-electron chi connectivity index (χ2n) is 6.44. The van der Waals surface area contributed by atoms with Crippen LogP contribution in [0.1, 0.15) is 57.1 Å². The molecular formula is C17H25FN2. The lowest BCUT2D eigenvalue weighted by Gasteiger charge is -2.33. The molecular weight excluding hydrogens is 251 g/mol. The van der Waals surface area contributed by atoms with Crippen molar-refractivity contribution in [1.29, 1.82) is 0 Å². The average Bonchev–Trinajstić information content (AvgIpc) is 3.09. The molecule has 1 saturated carbocycles. The van der Waals surface area contributed by atoms with Crippen LogP contribution in [0.2, 0.25) is 0 Å². The first-order valence-electron chi connectivity index (χ1n) is 7.98. The molecule has 2 atom stereocenters. The number of rotatable bonds is 3. The number of anilines is 1. The van der Waals surface area contributed by atoms with Gasteiger partial charge in [-0.1, -0.05) is 12.8 Å². The molecule has 1 aliphatic carbocycles. The highest BCUT2D eigenvalue weighted by molar-refractivity contribution is 5.56. The van der Waals surface area contributed by atoms with Crippen molar-refractivity contribution in [1.82, 2.24) is 0 Å². The Hall–Kier alpha value is -1.09. The molecule has 2 nitrogen and oxygen atoms in total. The van der Waals surface area contributed by atoms with Crippen molar-refractivity contribution in [2.75, 3.05) is 11.4 Å². The summed E-state index contributed by atoms with van der Waals surface area (Å²) in [6, 6.07) is 5.64. The van der Waals surface area contributed by atoms with Gasteiger partial charge in [-0.25, -0.2) is 4.39 Å². The van der Waals surface area contributed by atoms with Gasteiger partial charge in [-0.3, -0.25) is 0 Å². The van der Waals surface area contributed by atoms with Crippen LogP contribution in [-0.4, -0.2) is 12.6 Å². The SMILES string of the molecule is C[C@@H](N)c1cc(F)ccc1N1CCCC1C1CCCC1. The number of hydrogen-bond donors (Lipinski definition) is 1. The maximum absolute atomic E-state index is 13.5. The Morgan fingerprint density at radius 3 is 2.65 bits per heavy atom. The van der Waals surface area contributed by atoms with Gasteiger partial charge < -0.3 is 10.6 Å². The van der Waals surface area contributed by atoms with Crippen LogP contribution in [-0.2, 0) is 0 Å². The lowest BCUT2D eigenvalue weighted by atomic mass is 9.95. The van der Waals surface area contributed by atoms with Gasteiger partial charge in [-0.15, -0.1) is 0 Å². The maximum Gasteiger partial charge on any atom is 0.123 e. The molecule has 1 aromatic carbocycles. The third-order valence-corrected chi connectivity index (χ3v) is 5.03. The third kappa shape index (κ3) is 2.56. The van der Waals surface area contributed by atoms with Crippen LogP contribution in [0, 0.1) is 11.7 Å². The second-order valence-corrected chi connectivity index (χ2v) is 6.44. The molecule has 20 heavy (non-hydrogen) atoms. The summed E-state index contributed by atoms with van der Waals surface area (Å²) < 4.78 is 13.5. The summed E-state index contributed by atoms with van der Waals surface area (Å²) in [4.78, 5) is 2.51. The minimum atomic E-state index is -0.183. The van der Waals surface area contributed by atoms with Gasteiger partial charge in [0.25, 0.3) is 0 Å². The Kier molecular flexibility index (Phi) is 3.97. The molecule has 1 saturated heterocycles. The fourth-order valence-electron chi connectivity index (χ4n) is 4.08. The molecule has 1 aromatic rings. The Labute approximate surface area is 121 Å². The van der Waals surface area contributed by atoms with Crippen molar-refractivity contribution in [3.8, 4) is 0 Å². The van der Waals surface area contributed by atoms with E-state index in [0.29, 0.717) is 6.04 Å². The molecule has 0 radical (unpaired) electrons. The van der Waals surface area contributed by atoms with Crippen LogP contribution >= 0.6 is 0 Å². The summed E-state index contributed by atoms with van der Waals surface area (Å²) in [5.41, 5.74) is 8.17. The molecule has 1 aliphatic heterocycles. The summed E-state index contributed by atoms with van der Waals surface area (Å²) in [7, 11) is 0. The van der Waals surface area contributed by atoms with E-state index >= 15 is 0 Å². The van der Waals surface area contributed by atoms with Crippen LogP contribution in [0.25, 0.3) is 0 Å². The zero-order valence-electron chi connectivity index (χ0n) is 12.3. The van der Waals surface area contributed by atoms with E-state index in [1.807, 2.05) is 13.0 Å². The molecule has 110 valence electrons. The Morgan fingerprint density at radius 2 is 1.95 bits per heavy atom. The van der Waals surface area contributed by atoms with Crippen LogP contribution in [0.5, 0.6) is 0 Å². The van der Waals surface area contributed by atoms with E-state index in [-0.39, 0.29) is 11.9 Å². The number of nitrogens with two attached hydrogens (primary N) is 1. The quantitative estimate of drug-likeness (QED) is 0.904. The van der Waals surface area contributed by atoms with Gasteiger partial charge in [0.05, 0.1) is 0 Å². The first-order chi connectivity index (χ1) is 9.66. The van der Waals surface area contributed by atoms with E-state index in [2.05, 4.69) is 4.90 Å². The molecule has 2 N–H and O–H groups in total. The van der Waals surface area contributed by atoms with E-state index in [0.717, 1.165) is 23.7 Å². The largest absolute Gasteiger partial charge is 0.368 e. The van der Waals surface area contributed by atoms with Crippen molar-refractivity contribution in [3.63, 3.8) is 0 Å². The molecule has 3 rings (SSSR count). The van der Waals surface area contributed by atoms with Crippen LogP contribution in [0.3, 0.4) is 0 Å². The predicted octanol–water partition coefficient (Wildman–Crippen LogP) is 4.00. The lowest BCUT2D eigenvalue weighted by molar-refractivity contribution is 0.430. The number of benzene rings is 1. The monoisotopic (exact) mass is 276 g/mol. The Balaban J connectivity index is 1.90. The zero-order valence-corrected chi connectivity index (χ0v) is 12.3. The summed E-state index contributed by atoms with van der Waals surface area (Å²) in [5, 5.41) is 0. The molecule has 3 heteroatoms. The third-order valence-electron chi connectivity index (χ3n) is 5.03. The predicted molar refractivity (Wildman–Crippen MR) is 81.3 cm³/mol. The van der Waals surface area contributed by atoms with Crippen molar-refractivity contribution < 1.29 is 4.39 Å². The molecule has 0 amide bonds. The minimum Gasteiger partial charge on any atom is -0.368 e. The van der Waals surface area contributed by atoms with Gasteiger partial charge in [0.2, 0.25) is 0 Å². The highest BCUT2D eigenvalue weighted by atomic mass is 19.1. The van der Waals surface area contributed by atoms with Crippen LogP contribution in [0.4, 0.5) is 10.1 Å². The van der Waals surface area contributed by atoms with Gasteiger partial charge in [0.1, 0.15) is 5.82 Å². The van der Waals surface area contributed by atoms with Gasteiger partial charge in [-0.05, 0) is 62.3 Å². The maximum atomic E-state index is 13.5. The highest BCUT2D eigenvalue weighted by Gasteiger charge is 2.34. The lowest BCUT2D eigenvalue weighted by Crippen LogP contribution is -2.35. The summed E-state index contributed by atoms with van der Waals surface area (Å²) in [6.45, 7) is 3.03. The summed E-state index contributed by atoms with van der Waals surface area (Å²) in [6.07, 6.45) is 7.99. The number of nitrogens with zero attached hydrogens (tertiary/aromatic N) is 1. The minimum absolute atomic E-state index is 0.120. The van der Waals surface area contributed by atoms with Gasteiger partial charge in [-0.2, -0.15) is 0 Å². The standard InChI is InChI=1S/C17H25FN2/c1-12(19)15-11-14(18)8-9-17(15)20-10-4-7-16(20)13-5-2-3-6-13/h8-9,11-13,16H,2-7,10,19H2,1H3/t12-,16?/m1/s1. The number of hydrogen-bond acceptors (Lipinski definition) is 2. The van der Waals surface area contributed by atoms with Gasteiger partial charge >= 0.3 is 0 Å². The molecule has 2 fully saturated rings. The fraction of sp³-hybridized carbons (Fsp3) is 0.647. The molecule has 1 unspecified atom stereocenters. The van der Waals surface area contributed by atoms with E-state index < -0.39 is 0 Å². The topological polar surface area (TPSA) is 29.3 Å². The van der Waals surface area contributed by atoms with Crippen molar-refractivity contribution in [2.24, 2.45) is 11.7 Å². The smallest absolute Gasteiger partial charge is 0.123 e. The van der Waals surface area contributed by atoms with E-state index in [4.69, 9.17) is 5.73 Å². The Morgan fingerprint density at radius 1 is 1.20 bits per heavy atom. The molecule has 0 aromatic heterocycles. The van der Waals surface area contributed by atoms with Crippen molar-refractivity contribution in [2.45, 2.75) is 57.5 Å². The van der Waals surface area contributed by atoms with Crippen molar-refractivity contribution in [3.05, 3.63) is 29.6 Å². The van der Waals surface area contributed by atoms with Crippen LogP contribution < -0.4 is 10.6 Å². The van der Waals surface area contributed by atoms with E-state index in [1.165, 1.54) is 38.5 Å². The van der Waals surface area contributed by atoms with Gasteiger partial charge in [0, 0.05) is 24.3 Å². The summed E-state index contributed by atoms with van der Waals surface area (Å²) in [5.74, 6) is 0.640. The first kappa shape index (κ1) is 13.9. The average molecular weight is 276 g/mol. The fourth-order valence-corrected chi connectivity index (χ4v) is 4.08. The van der Waals surface area contributed by atoms with E-state index in [1.54, 1.807) is 12.1 Å². The highest BCUT2D eigenvalue weighted by Crippen LogP contribution is 2.39. The van der Waals surface area contributed by atoms with Crippen molar-refractivity contribution >= 4 is 5.69 Å².